The van der Waals surface area contributed by atoms with E-state index < -0.39 is 11.0 Å². The van der Waals surface area contributed by atoms with Gasteiger partial charge in [0, 0.05) is 23.1 Å². The second kappa shape index (κ2) is 7.33. The van der Waals surface area contributed by atoms with E-state index in [1.807, 2.05) is 0 Å². The number of ether oxygens (including phenoxy) is 1. The molecule has 0 spiro atoms. The summed E-state index contributed by atoms with van der Waals surface area (Å²) in [5, 5.41) is 3.53. The molecule has 1 aromatic rings. The molecule has 6 nitrogen and oxygen atoms in total. The standard InChI is InChI=1S/C16H22N2O4S2/c1-3-22-16(20)13-11-8-10(18-24(2)21)6-7-12(11)23-15(13)17-14(19)9-4-5-9/h9-10,18H,3-8H2,1-2H3,(H,17,19). The first-order chi connectivity index (χ1) is 11.5. The van der Waals surface area contributed by atoms with Gasteiger partial charge in [0.15, 0.2) is 0 Å². The van der Waals surface area contributed by atoms with Crippen molar-refractivity contribution in [3.8, 4) is 0 Å². The third kappa shape index (κ3) is 3.87. The monoisotopic (exact) mass is 370 g/mol. The number of hydrogen-bond acceptors (Lipinski definition) is 5. The minimum absolute atomic E-state index is 0.0107. The van der Waals surface area contributed by atoms with Gasteiger partial charge in [-0.25, -0.2) is 13.7 Å². The lowest BCUT2D eigenvalue weighted by Crippen LogP contribution is -2.35. The van der Waals surface area contributed by atoms with E-state index in [2.05, 4.69) is 10.0 Å². The van der Waals surface area contributed by atoms with E-state index in [0.29, 0.717) is 23.6 Å². The maximum atomic E-state index is 12.4. The van der Waals surface area contributed by atoms with E-state index in [1.54, 1.807) is 13.2 Å². The fraction of sp³-hybridized carbons (Fsp3) is 0.625. The Bertz CT molecular complexity index is 682. The van der Waals surface area contributed by atoms with E-state index in [-0.39, 0.29) is 23.8 Å². The predicted molar refractivity (Wildman–Crippen MR) is 94.6 cm³/mol. The zero-order valence-electron chi connectivity index (χ0n) is 13.8. The molecule has 1 aromatic heterocycles. The molecule has 1 saturated carbocycles. The van der Waals surface area contributed by atoms with Gasteiger partial charge in [-0.1, -0.05) is 0 Å². The summed E-state index contributed by atoms with van der Waals surface area (Å²) in [6, 6.07) is 0.0677. The molecule has 0 aliphatic heterocycles. The van der Waals surface area contributed by atoms with Crippen LogP contribution in [0.2, 0.25) is 0 Å². The van der Waals surface area contributed by atoms with E-state index in [0.717, 1.165) is 36.1 Å². The minimum Gasteiger partial charge on any atom is -0.462 e. The Morgan fingerprint density at radius 3 is 2.71 bits per heavy atom. The molecule has 0 bridgehead atoms. The van der Waals surface area contributed by atoms with Gasteiger partial charge in [-0.15, -0.1) is 11.3 Å². The number of rotatable bonds is 6. The Morgan fingerprint density at radius 1 is 1.33 bits per heavy atom. The molecule has 0 saturated heterocycles. The summed E-state index contributed by atoms with van der Waals surface area (Å²) in [5.41, 5.74) is 1.41. The van der Waals surface area contributed by atoms with Crippen LogP contribution in [-0.2, 0) is 33.4 Å². The summed E-state index contributed by atoms with van der Waals surface area (Å²) in [5.74, 6) is -0.320. The van der Waals surface area contributed by atoms with Crippen LogP contribution in [0, 0.1) is 5.92 Å². The zero-order valence-corrected chi connectivity index (χ0v) is 15.5. The third-order valence-corrected chi connectivity index (χ3v) is 6.13. The molecule has 3 rings (SSSR count). The van der Waals surface area contributed by atoms with Gasteiger partial charge >= 0.3 is 5.97 Å². The Morgan fingerprint density at radius 2 is 2.08 bits per heavy atom. The molecule has 0 aromatic carbocycles. The van der Waals surface area contributed by atoms with Crippen molar-refractivity contribution in [3.05, 3.63) is 16.0 Å². The first-order valence-corrected chi connectivity index (χ1v) is 10.6. The van der Waals surface area contributed by atoms with Crippen LogP contribution in [0.15, 0.2) is 0 Å². The zero-order chi connectivity index (χ0) is 17.3. The molecule has 1 amide bonds. The summed E-state index contributed by atoms with van der Waals surface area (Å²) in [7, 11) is -1.09. The molecule has 2 unspecified atom stereocenters. The molecular weight excluding hydrogens is 348 g/mol. The normalized spacial score (nSPS) is 21.0. The maximum Gasteiger partial charge on any atom is 0.341 e. The van der Waals surface area contributed by atoms with Crippen molar-refractivity contribution in [2.24, 2.45) is 5.92 Å². The van der Waals surface area contributed by atoms with Gasteiger partial charge in [-0.3, -0.25) is 4.79 Å². The second-order valence-electron chi connectivity index (χ2n) is 6.20. The fourth-order valence-electron chi connectivity index (χ4n) is 2.99. The summed E-state index contributed by atoms with van der Waals surface area (Å²) in [6.07, 6.45) is 5.74. The largest absolute Gasteiger partial charge is 0.462 e. The molecular formula is C16H22N2O4S2. The van der Waals surface area contributed by atoms with E-state index >= 15 is 0 Å². The van der Waals surface area contributed by atoms with Crippen molar-refractivity contribution in [1.82, 2.24) is 4.72 Å². The molecule has 2 N–H and O–H groups in total. The van der Waals surface area contributed by atoms with Crippen LogP contribution in [0.25, 0.3) is 0 Å². The fourth-order valence-corrected chi connectivity index (χ4v) is 4.89. The molecule has 132 valence electrons. The molecule has 1 fully saturated rings. The highest BCUT2D eigenvalue weighted by Gasteiger charge is 2.34. The van der Waals surface area contributed by atoms with E-state index in [1.165, 1.54) is 11.3 Å². The van der Waals surface area contributed by atoms with E-state index in [9.17, 15) is 13.8 Å². The van der Waals surface area contributed by atoms with Crippen LogP contribution in [0.4, 0.5) is 5.00 Å². The summed E-state index contributed by atoms with van der Waals surface area (Å²) in [4.78, 5) is 25.7. The molecule has 2 aliphatic carbocycles. The number of nitrogens with one attached hydrogen (secondary N) is 2. The van der Waals surface area contributed by atoms with E-state index in [4.69, 9.17) is 4.74 Å². The van der Waals surface area contributed by atoms with Crippen LogP contribution in [0.3, 0.4) is 0 Å². The SMILES string of the molecule is CCOC(=O)c1c(NC(=O)C2CC2)sc2c1CC(NS(C)=O)CC2. The van der Waals surface area contributed by atoms with Crippen LogP contribution in [0.5, 0.6) is 0 Å². The van der Waals surface area contributed by atoms with Crippen molar-refractivity contribution in [2.75, 3.05) is 18.2 Å². The molecule has 8 heteroatoms. The highest BCUT2D eigenvalue weighted by Crippen LogP contribution is 2.40. The summed E-state index contributed by atoms with van der Waals surface area (Å²) in [6.45, 7) is 2.06. The van der Waals surface area contributed by atoms with Crippen LogP contribution >= 0.6 is 11.3 Å². The van der Waals surface area contributed by atoms with Crippen molar-refractivity contribution < 1.29 is 18.5 Å². The number of carbonyl (C=O) groups is 2. The van der Waals surface area contributed by atoms with Gasteiger partial charge in [0.25, 0.3) is 0 Å². The predicted octanol–water partition coefficient (Wildman–Crippen LogP) is 2.01. The smallest absolute Gasteiger partial charge is 0.341 e. The van der Waals surface area contributed by atoms with Gasteiger partial charge in [-0.2, -0.15) is 0 Å². The average molecular weight is 370 g/mol. The van der Waals surface area contributed by atoms with Crippen LogP contribution in [0.1, 0.15) is 47.0 Å². The lowest BCUT2D eigenvalue weighted by molar-refractivity contribution is -0.117. The van der Waals surface area contributed by atoms with Crippen LogP contribution in [-0.4, -0.2) is 35.0 Å². The van der Waals surface area contributed by atoms with Gasteiger partial charge < -0.3 is 10.1 Å². The number of amides is 1. The van der Waals surface area contributed by atoms with Gasteiger partial charge in [0.1, 0.15) is 5.00 Å². The molecule has 1 heterocycles. The number of thiophene rings is 1. The molecule has 2 aliphatic rings. The van der Waals surface area contributed by atoms with Gasteiger partial charge in [0.2, 0.25) is 5.91 Å². The molecule has 0 radical (unpaired) electrons. The van der Waals surface area contributed by atoms with Crippen molar-refractivity contribution in [3.63, 3.8) is 0 Å². The van der Waals surface area contributed by atoms with Crippen molar-refractivity contribution in [1.29, 1.82) is 0 Å². The minimum atomic E-state index is -1.09. The maximum absolute atomic E-state index is 12.4. The number of carbonyl (C=O) groups excluding carboxylic acids is 2. The van der Waals surface area contributed by atoms with Crippen LogP contribution < -0.4 is 10.0 Å². The number of aryl methyl sites for hydroxylation is 1. The highest BCUT2D eigenvalue weighted by molar-refractivity contribution is 7.82. The Hall–Kier alpha value is -1.25. The van der Waals surface area contributed by atoms with Gasteiger partial charge in [-0.05, 0) is 44.6 Å². The Kier molecular flexibility index (Phi) is 5.36. The number of esters is 1. The number of anilines is 1. The average Bonchev–Trinajstić information content (AvgIpc) is 3.29. The molecule has 24 heavy (non-hydrogen) atoms. The first kappa shape index (κ1) is 17.6. The Balaban J connectivity index is 1.89. The lowest BCUT2D eigenvalue weighted by Gasteiger charge is -2.22. The van der Waals surface area contributed by atoms with Gasteiger partial charge in [0.05, 0.1) is 23.2 Å². The first-order valence-electron chi connectivity index (χ1n) is 8.21. The number of fused-ring (bicyclic) bond motifs is 1. The topological polar surface area (TPSA) is 84.5 Å². The lowest BCUT2D eigenvalue weighted by atomic mass is 9.92. The summed E-state index contributed by atoms with van der Waals surface area (Å²) >= 11 is 1.47. The molecule has 2 atom stereocenters. The Labute approximate surface area is 147 Å². The highest BCUT2D eigenvalue weighted by atomic mass is 32.2. The summed E-state index contributed by atoms with van der Waals surface area (Å²) < 4.78 is 19.7. The quantitative estimate of drug-likeness (QED) is 0.750. The number of hydrogen-bond donors (Lipinski definition) is 2. The third-order valence-electron chi connectivity index (χ3n) is 4.26. The second-order valence-corrected chi connectivity index (χ2v) is 8.45. The van der Waals surface area contributed by atoms with Crippen molar-refractivity contribution in [2.45, 2.75) is 45.1 Å². The van der Waals surface area contributed by atoms with Crippen molar-refractivity contribution >= 4 is 39.2 Å².